The minimum atomic E-state index is -0.213. The Morgan fingerprint density at radius 1 is 1.28 bits per heavy atom. The van der Waals surface area contributed by atoms with E-state index in [1.54, 1.807) is 30.6 Å². The summed E-state index contributed by atoms with van der Waals surface area (Å²) in [5, 5.41) is 0.613. The molecule has 0 atom stereocenters. The van der Waals surface area contributed by atoms with Gasteiger partial charge in [0.05, 0.1) is 33.6 Å². The van der Waals surface area contributed by atoms with Gasteiger partial charge in [0.15, 0.2) is 5.13 Å². The minimum Gasteiger partial charge on any atom is -0.497 e. The number of thiazole rings is 1. The number of imidazole rings is 1. The van der Waals surface area contributed by atoms with E-state index < -0.39 is 0 Å². The van der Waals surface area contributed by atoms with Crippen molar-refractivity contribution in [1.82, 2.24) is 14.5 Å². The highest BCUT2D eigenvalue weighted by molar-refractivity contribution is 7.22. The van der Waals surface area contributed by atoms with E-state index in [-0.39, 0.29) is 5.91 Å². The van der Waals surface area contributed by atoms with E-state index >= 15 is 0 Å². The highest BCUT2D eigenvalue weighted by Gasteiger charge is 2.24. The van der Waals surface area contributed by atoms with E-state index in [1.807, 2.05) is 29.0 Å². The van der Waals surface area contributed by atoms with Gasteiger partial charge in [-0.25, -0.2) is 9.97 Å². The summed E-state index contributed by atoms with van der Waals surface area (Å²) < 4.78 is 9.07. The molecule has 3 aromatic heterocycles. The zero-order valence-electron chi connectivity index (χ0n) is 15.3. The predicted octanol–water partition coefficient (Wildman–Crippen LogP) is 5.61. The summed E-state index contributed by atoms with van der Waals surface area (Å²) in [6.45, 7) is 1.22. The second-order valence-corrected chi connectivity index (χ2v) is 9.47. The molecule has 0 unspecified atom stereocenters. The molecule has 0 aliphatic rings. The molecule has 0 aliphatic heterocycles. The number of fused-ring (bicyclic) bond motifs is 1. The van der Waals surface area contributed by atoms with Gasteiger partial charge in [0.2, 0.25) is 0 Å². The Hall–Kier alpha value is -2.13. The number of aromatic nitrogens is 3. The molecule has 4 rings (SSSR count). The number of benzene rings is 1. The number of carbonyl (C=O) groups excluding carboxylic acids is 1. The lowest BCUT2D eigenvalue weighted by Gasteiger charge is -2.19. The number of rotatable bonds is 7. The molecule has 0 bridgehead atoms. The molecule has 1 aromatic carbocycles. The number of anilines is 1. The number of ether oxygens (including phenoxy) is 1. The molecule has 1 amide bonds. The molecule has 10 heteroatoms. The maximum Gasteiger partial charge on any atom is 0.262 e. The van der Waals surface area contributed by atoms with Crippen molar-refractivity contribution in [2.45, 2.75) is 13.0 Å². The molecule has 29 heavy (non-hydrogen) atoms. The number of thiophene rings is 1. The Morgan fingerprint density at radius 2 is 2.14 bits per heavy atom. The van der Waals surface area contributed by atoms with Gasteiger partial charge >= 0.3 is 0 Å². The van der Waals surface area contributed by atoms with Crippen LogP contribution >= 0.6 is 45.9 Å². The highest BCUT2D eigenvalue weighted by Crippen LogP contribution is 2.36. The van der Waals surface area contributed by atoms with E-state index in [0.29, 0.717) is 25.9 Å². The maximum atomic E-state index is 13.3. The molecule has 4 aromatic rings. The van der Waals surface area contributed by atoms with Gasteiger partial charge in [-0.1, -0.05) is 34.5 Å². The molecule has 0 radical (unpaired) electrons. The van der Waals surface area contributed by atoms with E-state index in [1.165, 1.54) is 22.7 Å². The number of amides is 1. The summed E-state index contributed by atoms with van der Waals surface area (Å²) >= 11 is 14.9. The molecule has 6 nitrogen and oxygen atoms in total. The van der Waals surface area contributed by atoms with E-state index in [0.717, 1.165) is 28.9 Å². The van der Waals surface area contributed by atoms with Crippen molar-refractivity contribution in [2.24, 2.45) is 0 Å². The van der Waals surface area contributed by atoms with Crippen LogP contribution < -0.4 is 9.64 Å². The predicted molar refractivity (Wildman–Crippen MR) is 119 cm³/mol. The first kappa shape index (κ1) is 20.2. The van der Waals surface area contributed by atoms with Crippen molar-refractivity contribution in [3.8, 4) is 5.75 Å². The standard InChI is InChI=1S/C19H16Cl2N4O2S2/c1-27-12-3-4-14-15(9-12)28-19(23-14)25(7-2-6-24-8-5-22-11-24)18(26)13-10-16(20)29-17(13)21/h3-5,8-11H,2,6-7H2,1H3. The van der Waals surface area contributed by atoms with Crippen LogP contribution in [0.15, 0.2) is 43.0 Å². The third-order valence-corrected chi connectivity index (χ3v) is 6.83. The van der Waals surface area contributed by atoms with Gasteiger partial charge in [0.25, 0.3) is 5.91 Å². The number of halogens is 2. The Labute approximate surface area is 185 Å². The second kappa shape index (κ2) is 8.71. The van der Waals surface area contributed by atoms with Gasteiger partial charge in [-0.3, -0.25) is 9.69 Å². The minimum absolute atomic E-state index is 0.213. The quantitative estimate of drug-likeness (QED) is 0.355. The highest BCUT2D eigenvalue weighted by atomic mass is 35.5. The van der Waals surface area contributed by atoms with Crippen LogP contribution in [0.2, 0.25) is 8.67 Å². The summed E-state index contributed by atoms with van der Waals surface area (Å²) in [4.78, 5) is 23.7. The largest absolute Gasteiger partial charge is 0.497 e. The first-order valence-electron chi connectivity index (χ1n) is 8.72. The van der Waals surface area contributed by atoms with Crippen LogP contribution in [0.25, 0.3) is 10.2 Å². The Balaban J connectivity index is 1.65. The van der Waals surface area contributed by atoms with Crippen molar-refractivity contribution in [2.75, 3.05) is 18.6 Å². The summed E-state index contributed by atoms with van der Waals surface area (Å²) in [6.07, 6.45) is 6.12. The number of aryl methyl sites for hydroxylation is 1. The average molecular weight is 467 g/mol. The fraction of sp³-hybridized carbons (Fsp3) is 0.211. The van der Waals surface area contributed by atoms with Crippen LogP contribution in [0.1, 0.15) is 16.8 Å². The normalized spacial score (nSPS) is 11.1. The van der Waals surface area contributed by atoms with Gasteiger partial charge in [-0.15, -0.1) is 11.3 Å². The van der Waals surface area contributed by atoms with Crippen LogP contribution in [-0.4, -0.2) is 34.1 Å². The number of carbonyl (C=O) groups is 1. The third kappa shape index (κ3) is 4.40. The molecule has 0 saturated carbocycles. The van der Waals surface area contributed by atoms with Crippen molar-refractivity contribution >= 4 is 67.1 Å². The Bertz CT molecular complexity index is 1140. The topological polar surface area (TPSA) is 60.2 Å². The summed E-state index contributed by atoms with van der Waals surface area (Å²) in [5.74, 6) is 0.535. The average Bonchev–Trinajstić information content (AvgIpc) is 3.43. The summed E-state index contributed by atoms with van der Waals surface area (Å²) in [6, 6.07) is 7.26. The van der Waals surface area contributed by atoms with Gasteiger partial charge in [0.1, 0.15) is 10.1 Å². The van der Waals surface area contributed by atoms with Crippen molar-refractivity contribution in [3.63, 3.8) is 0 Å². The van der Waals surface area contributed by atoms with E-state index in [4.69, 9.17) is 27.9 Å². The fourth-order valence-corrected chi connectivity index (χ4v) is 5.35. The Morgan fingerprint density at radius 3 is 2.83 bits per heavy atom. The molecule has 150 valence electrons. The molecule has 3 heterocycles. The van der Waals surface area contributed by atoms with Crippen LogP contribution in [0, 0.1) is 0 Å². The molecule has 0 saturated heterocycles. The SMILES string of the molecule is COc1ccc2nc(N(CCCn3ccnc3)C(=O)c3cc(Cl)sc3Cl)sc2c1. The van der Waals surface area contributed by atoms with Crippen LogP contribution in [0.5, 0.6) is 5.75 Å². The number of nitrogens with zero attached hydrogens (tertiary/aromatic N) is 4. The van der Waals surface area contributed by atoms with Crippen LogP contribution in [0.4, 0.5) is 5.13 Å². The second-order valence-electron chi connectivity index (χ2n) is 6.18. The van der Waals surface area contributed by atoms with Gasteiger partial charge in [-0.2, -0.15) is 0 Å². The molecule has 0 fully saturated rings. The summed E-state index contributed by atoms with van der Waals surface area (Å²) in [7, 11) is 1.62. The monoisotopic (exact) mass is 466 g/mol. The van der Waals surface area contributed by atoms with Crippen LogP contribution in [0.3, 0.4) is 0 Å². The lowest BCUT2D eigenvalue weighted by atomic mass is 10.3. The van der Waals surface area contributed by atoms with E-state index in [9.17, 15) is 4.79 Å². The van der Waals surface area contributed by atoms with E-state index in [2.05, 4.69) is 9.97 Å². The molecular weight excluding hydrogens is 451 g/mol. The molecular formula is C19H16Cl2N4O2S2. The van der Waals surface area contributed by atoms with Crippen molar-refractivity contribution in [1.29, 1.82) is 0 Å². The molecule has 0 N–H and O–H groups in total. The lowest BCUT2D eigenvalue weighted by molar-refractivity contribution is 0.0987. The summed E-state index contributed by atoms with van der Waals surface area (Å²) in [5.41, 5.74) is 1.20. The number of methoxy groups -OCH3 is 1. The third-order valence-electron chi connectivity index (χ3n) is 4.30. The van der Waals surface area contributed by atoms with Crippen molar-refractivity contribution in [3.05, 3.63) is 57.2 Å². The zero-order valence-corrected chi connectivity index (χ0v) is 18.5. The molecule has 0 spiro atoms. The first-order chi connectivity index (χ1) is 14.0. The van der Waals surface area contributed by atoms with Gasteiger partial charge < -0.3 is 9.30 Å². The Kier molecular flexibility index (Phi) is 6.05. The maximum absolute atomic E-state index is 13.3. The van der Waals surface area contributed by atoms with Crippen molar-refractivity contribution < 1.29 is 9.53 Å². The lowest BCUT2D eigenvalue weighted by Crippen LogP contribution is -2.32. The molecule has 0 aliphatic carbocycles. The first-order valence-corrected chi connectivity index (χ1v) is 11.1. The van der Waals surface area contributed by atoms with Gasteiger partial charge in [-0.05, 0) is 30.7 Å². The van der Waals surface area contributed by atoms with Gasteiger partial charge in [0, 0.05) is 25.5 Å². The number of hydrogen-bond donors (Lipinski definition) is 0. The fourth-order valence-electron chi connectivity index (χ4n) is 2.88. The smallest absolute Gasteiger partial charge is 0.262 e. The number of hydrogen-bond acceptors (Lipinski definition) is 6. The zero-order chi connectivity index (χ0) is 20.4. The van der Waals surface area contributed by atoms with Crippen LogP contribution in [-0.2, 0) is 6.54 Å².